The van der Waals surface area contributed by atoms with Gasteiger partial charge in [0.15, 0.2) is 0 Å². The predicted molar refractivity (Wildman–Crippen MR) is 502 cm³/mol. The standard InChI is InChI=1S/C11H19NO3.C10H16N2O3.C10H18N2O2.2C10H17NO3.C9H16N2O3.2C9H15NO3.C8H13NO4.C8H15NO3/c1-8(2)10(14)7-11(15)12-5-3-9(13)4-6-12;1-8(13)7-10(15)12-5-3-11(4-6-12)9(2)14;1-3-11-4-6-12(7-5-11)10(14)8-9(2)13;1-8(12)7-10(13)11-5-3-9(14-2)4-6-11;1-2-8(12)7-10(14)11-5-3-9(13)4-6-11;1-7(12)6-9(14)10-11-4-2-8(13)3-5-11;1-7(11)6-9(12)10-8-2-4-13-5-3-8;1-2-8(11)7-9(12)10-3-5-13-6-4-10;1-4-13-8(12)6(10)5-7(11)9(2)3;1-7(11)6-8(12)9(2)4-3-5-10/h8-9,13H,3-7H2,1-2H3;3-7H2,1-2H3;3-8H2,1-2H3;9H,3-7H2,1-2H3;9,13H,2-7H2,1H3;8,13H,2-6H2,1H3,(H,10,14);8H,2-6H2,1H3,(H,10,12);2-7H2,1H3;4-5H2,1-3H3;10H,3-6H2,1-2H3. The molecule has 6 N–H and O–H groups in total. The van der Waals surface area contributed by atoms with Crippen molar-refractivity contribution in [2.24, 2.45) is 5.92 Å². The second-order valence-corrected chi connectivity index (χ2v) is 34.7. The largest absolute Gasteiger partial charge is 0.460 e. The Balaban J connectivity index is 0. The summed E-state index contributed by atoms with van der Waals surface area (Å²) in [7, 11) is 6.35. The second-order valence-electron chi connectivity index (χ2n) is 34.7. The van der Waals surface area contributed by atoms with E-state index in [1.807, 2.05) is 0 Å². The molecule has 782 valence electrons. The molecule has 43 heteroatoms. The highest BCUT2D eigenvalue weighted by atomic mass is 16.5. The molecule has 0 spiro atoms. The fourth-order valence-electron chi connectivity index (χ4n) is 13.3. The van der Waals surface area contributed by atoms with Crippen LogP contribution in [0.2, 0.25) is 0 Å². The maximum Gasteiger partial charge on any atom is 0.375 e. The summed E-state index contributed by atoms with van der Waals surface area (Å²) in [6.45, 7) is 37.1. The van der Waals surface area contributed by atoms with Gasteiger partial charge >= 0.3 is 5.97 Å². The van der Waals surface area contributed by atoms with Gasteiger partial charge in [0.25, 0.3) is 0 Å². The summed E-state index contributed by atoms with van der Waals surface area (Å²) in [5, 5.41) is 40.8. The number of carbonyl (C=O) groups excluding carboxylic acids is 22. The number of morpholine rings is 1. The van der Waals surface area contributed by atoms with Crippen LogP contribution >= 0.6 is 0 Å². The van der Waals surface area contributed by atoms with E-state index in [1.165, 1.54) is 72.4 Å². The average Bonchev–Trinajstić information content (AvgIpc) is 0.868. The maximum atomic E-state index is 11.6. The molecule has 8 saturated heterocycles. The van der Waals surface area contributed by atoms with Gasteiger partial charge < -0.3 is 93.7 Å². The molecule has 43 nitrogen and oxygen atoms in total. The van der Waals surface area contributed by atoms with Crippen molar-refractivity contribution in [3.8, 4) is 0 Å². The van der Waals surface area contributed by atoms with Gasteiger partial charge in [0, 0.05) is 204 Å². The third-order valence-electron chi connectivity index (χ3n) is 22.0. The molecule has 8 fully saturated rings. The van der Waals surface area contributed by atoms with E-state index in [1.54, 1.807) is 88.1 Å². The first kappa shape index (κ1) is 129. The number of carbonyl (C=O) groups is 22. The molecule has 0 aromatic carbocycles. The number of piperidine rings is 4. The van der Waals surface area contributed by atoms with E-state index < -0.39 is 24.1 Å². The van der Waals surface area contributed by atoms with Crippen LogP contribution in [0, 0.1) is 5.92 Å². The van der Waals surface area contributed by atoms with Gasteiger partial charge in [-0.3, -0.25) is 106 Å². The lowest BCUT2D eigenvalue weighted by atomic mass is 10.0. The molecule has 11 amide bonds. The minimum Gasteiger partial charge on any atom is -0.460 e. The van der Waals surface area contributed by atoms with Crippen LogP contribution in [0.25, 0.3) is 0 Å². The van der Waals surface area contributed by atoms with Crippen molar-refractivity contribution in [3.05, 3.63) is 0 Å². The minimum atomic E-state index is -0.947. The van der Waals surface area contributed by atoms with Crippen molar-refractivity contribution >= 4 is 129 Å². The summed E-state index contributed by atoms with van der Waals surface area (Å²) in [5.74, 6) is -3.88. The van der Waals surface area contributed by atoms with E-state index in [9.17, 15) is 121 Å². The topological polar surface area (TPSA) is 553 Å². The lowest BCUT2D eigenvalue weighted by Gasteiger charge is -2.34. The number of hydrogen-bond donors (Lipinski definition) is 6. The van der Waals surface area contributed by atoms with Crippen LogP contribution < -0.4 is 10.7 Å². The number of likely N-dealkylation sites (N-methyl/N-ethyl adjacent to an activating group) is 1. The van der Waals surface area contributed by atoms with Crippen LogP contribution in [-0.2, 0) is 124 Å². The van der Waals surface area contributed by atoms with Crippen LogP contribution in [0.3, 0.4) is 0 Å². The number of ketones is 10. The lowest BCUT2D eigenvalue weighted by molar-refractivity contribution is -0.155. The van der Waals surface area contributed by atoms with Gasteiger partial charge in [-0.1, -0.05) is 34.6 Å². The van der Waals surface area contributed by atoms with E-state index in [2.05, 4.69) is 27.3 Å². The Morgan fingerprint density at radius 3 is 1.10 bits per heavy atom. The average molecular weight is 1950 g/mol. The number of aliphatic hydroxyl groups excluding tert-OH is 4. The molecule has 8 aliphatic rings. The fraction of sp³-hybridized carbons (Fsp3) is 0.766. The summed E-state index contributed by atoms with van der Waals surface area (Å²) in [5.41, 5.74) is 2.63. The lowest BCUT2D eigenvalue weighted by Crippen LogP contribution is -2.50. The number of hydrazine groups is 1. The van der Waals surface area contributed by atoms with E-state index in [4.69, 9.17) is 19.3 Å². The highest BCUT2D eigenvalue weighted by Gasteiger charge is 2.30. The number of Topliss-reactive ketones (excluding diaryl/α,β-unsaturated/α-hetero) is 10. The zero-order valence-corrected chi connectivity index (χ0v) is 84.4. The van der Waals surface area contributed by atoms with E-state index >= 15 is 0 Å². The van der Waals surface area contributed by atoms with Crippen LogP contribution in [0.4, 0.5) is 0 Å². The summed E-state index contributed by atoms with van der Waals surface area (Å²) in [6, 6.07) is 0.195. The Morgan fingerprint density at radius 2 is 0.745 bits per heavy atom. The van der Waals surface area contributed by atoms with E-state index in [-0.39, 0.29) is 218 Å². The zero-order valence-electron chi connectivity index (χ0n) is 84.4. The van der Waals surface area contributed by atoms with E-state index in [0.717, 1.165) is 58.4 Å². The number of piperazine rings is 2. The van der Waals surface area contributed by atoms with Gasteiger partial charge in [-0.15, -0.1) is 0 Å². The molecule has 0 aliphatic carbocycles. The van der Waals surface area contributed by atoms with Crippen molar-refractivity contribution in [3.63, 3.8) is 0 Å². The highest BCUT2D eigenvalue weighted by Crippen LogP contribution is 2.17. The Morgan fingerprint density at radius 1 is 0.394 bits per heavy atom. The first-order valence-electron chi connectivity index (χ1n) is 47.4. The fourth-order valence-corrected chi connectivity index (χ4v) is 13.3. The van der Waals surface area contributed by atoms with Gasteiger partial charge in [0.1, 0.15) is 52.0 Å². The second kappa shape index (κ2) is 75.0. The first-order chi connectivity index (χ1) is 64.4. The van der Waals surface area contributed by atoms with Crippen molar-refractivity contribution in [1.29, 1.82) is 0 Å². The van der Waals surface area contributed by atoms with Gasteiger partial charge in [0.05, 0.1) is 108 Å². The summed E-state index contributed by atoms with van der Waals surface area (Å²) < 4.78 is 19.9. The molecular weight excluding hydrogens is 1790 g/mol. The number of rotatable bonds is 32. The molecule has 0 bridgehead atoms. The number of nitrogens with zero attached hydrogens (tertiary/aromatic N) is 11. The molecule has 0 saturated carbocycles. The predicted octanol–water partition coefficient (Wildman–Crippen LogP) is 0.644. The van der Waals surface area contributed by atoms with E-state index in [0.29, 0.717) is 182 Å². The number of esters is 1. The maximum absolute atomic E-state index is 11.6. The van der Waals surface area contributed by atoms with Crippen molar-refractivity contribution in [2.75, 3.05) is 199 Å². The number of likely N-dealkylation sites (tertiary alicyclic amines) is 3. The first-order valence-corrected chi connectivity index (χ1v) is 47.4. The van der Waals surface area contributed by atoms with Crippen LogP contribution in [0.5, 0.6) is 0 Å². The number of ether oxygens (including phenoxy) is 4. The summed E-state index contributed by atoms with van der Waals surface area (Å²) in [6.07, 6.45) is 7.79. The monoisotopic (exact) mass is 1950 g/mol. The quantitative estimate of drug-likeness (QED) is 0.0306. The number of hydrogen-bond acceptors (Lipinski definition) is 32. The van der Waals surface area contributed by atoms with Crippen molar-refractivity contribution in [2.45, 2.75) is 268 Å². The van der Waals surface area contributed by atoms with Gasteiger partial charge in [-0.25, -0.2) is 9.80 Å². The molecule has 8 heterocycles. The molecule has 0 aromatic rings. The van der Waals surface area contributed by atoms with Crippen LogP contribution in [0.15, 0.2) is 0 Å². The summed E-state index contributed by atoms with van der Waals surface area (Å²) in [4.78, 5) is 260. The molecule has 0 aromatic heterocycles. The van der Waals surface area contributed by atoms with Crippen molar-refractivity contribution in [1.82, 2.24) is 64.8 Å². The molecule has 8 aliphatic heterocycles. The third-order valence-corrected chi connectivity index (χ3v) is 22.0. The number of aliphatic hydroxyl groups is 4. The van der Waals surface area contributed by atoms with Crippen LogP contribution in [0.1, 0.15) is 238 Å². The number of methoxy groups -OCH3 is 1. The van der Waals surface area contributed by atoms with Gasteiger partial charge in [0.2, 0.25) is 70.8 Å². The normalized spacial score (nSPS) is 16.4. The molecule has 0 radical (unpaired) electrons. The highest BCUT2D eigenvalue weighted by molar-refractivity contribution is 6.37. The molecule has 137 heavy (non-hydrogen) atoms. The minimum absolute atomic E-state index is 0.00262. The molecule has 8 rings (SSSR count). The van der Waals surface area contributed by atoms with Gasteiger partial charge in [-0.05, 0) is 126 Å². The smallest absolute Gasteiger partial charge is 0.375 e. The van der Waals surface area contributed by atoms with Gasteiger partial charge in [-0.2, -0.15) is 0 Å². The Kier molecular flexibility index (Phi) is 70.6. The Labute approximate surface area is 807 Å². The SMILES string of the molecule is CC(=O)CC(=O)N(C)CCCO.CC(=O)CC(=O)N1CCN(C(C)=O)CC1.CC(=O)CC(=O)NC1CCOCC1.CC(=O)CC(=O)NN1CCC(O)CC1.CC(C)C(=O)CC(=O)N1CCC(O)CC1.CCC(=O)CC(=O)N1CCC(O)CC1.CCC(=O)CC(=O)N1CCOCC1.CCN1CCN(C(=O)CC(C)=O)CC1.CCOC(=O)C(=O)CC(=O)N(C)C.COC1CCN(C(=O)CC(C)=O)CC1. The zero-order chi connectivity index (χ0) is 104. The van der Waals surface area contributed by atoms with Crippen LogP contribution in [-0.4, -0.2) is 432 Å². The Hall–Kier alpha value is -10.0. The third kappa shape index (κ3) is 64.7. The summed E-state index contributed by atoms with van der Waals surface area (Å²) >= 11 is 0. The number of nitrogens with one attached hydrogen (secondary N) is 2. The molecule has 0 atom stereocenters. The Bertz CT molecular complexity index is 3720. The number of amides is 11. The van der Waals surface area contributed by atoms with Crippen molar-refractivity contribution < 1.29 is 145 Å². The molecule has 0 unspecified atom stereocenters. The molecular formula is C94H161N13O30.